The molecule has 1 aromatic heterocycles. The van der Waals surface area contributed by atoms with Crippen molar-refractivity contribution in [2.45, 2.75) is 13.0 Å². The Hall–Kier alpha value is -0.390. The molecule has 0 aliphatic rings. The molecule has 2 nitrogen and oxygen atoms in total. The van der Waals surface area contributed by atoms with Crippen LogP contribution < -0.4 is 11.3 Å². The van der Waals surface area contributed by atoms with Gasteiger partial charge in [-0.25, -0.2) is 5.43 Å². The molecular formula is C12H12BrClN2S. The van der Waals surface area contributed by atoms with Gasteiger partial charge in [-0.3, -0.25) is 5.84 Å². The molecule has 0 amide bonds. The van der Waals surface area contributed by atoms with Gasteiger partial charge in [0.05, 0.1) is 10.4 Å². The second-order valence-corrected chi connectivity index (χ2v) is 6.37. The van der Waals surface area contributed by atoms with Crippen LogP contribution in [0, 0.1) is 6.92 Å². The van der Waals surface area contributed by atoms with E-state index in [0.29, 0.717) is 0 Å². The molecular weight excluding hydrogens is 320 g/mol. The number of nitrogens with two attached hydrogens (primary N) is 1. The maximum Gasteiger partial charge on any atom is 0.0931 e. The number of hydrazine groups is 1. The summed E-state index contributed by atoms with van der Waals surface area (Å²) in [4.78, 5) is 1.10. The van der Waals surface area contributed by atoms with Crippen LogP contribution in [0.1, 0.15) is 22.0 Å². The topological polar surface area (TPSA) is 38.0 Å². The summed E-state index contributed by atoms with van der Waals surface area (Å²) in [6.45, 7) is 2.06. The van der Waals surface area contributed by atoms with E-state index in [4.69, 9.17) is 17.4 Å². The van der Waals surface area contributed by atoms with Crippen molar-refractivity contribution >= 4 is 38.9 Å². The molecule has 0 saturated carbocycles. The second-order valence-electron chi connectivity index (χ2n) is 3.77. The fourth-order valence-corrected chi connectivity index (χ4v) is 3.31. The zero-order chi connectivity index (χ0) is 12.4. The molecule has 1 aromatic carbocycles. The summed E-state index contributed by atoms with van der Waals surface area (Å²) in [6, 6.07) is 10.0. The average molecular weight is 332 g/mol. The molecule has 0 aliphatic carbocycles. The van der Waals surface area contributed by atoms with Gasteiger partial charge in [0.1, 0.15) is 0 Å². The highest BCUT2D eigenvalue weighted by molar-refractivity contribution is 9.10. The number of benzene rings is 1. The molecule has 1 heterocycles. The van der Waals surface area contributed by atoms with E-state index in [9.17, 15) is 0 Å². The van der Waals surface area contributed by atoms with Crippen molar-refractivity contribution in [1.29, 1.82) is 0 Å². The average Bonchev–Trinajstić information content (AvgIpc) is 2.71. The highest BCUT2D eigenvalue weighted by atomic mass is 79.9. The minimum absolute atomic E-state index is 0.0400. The van der Waals surface area contributed by atoms with Crippen molar-refractivity contribution in [2.75, 3.05) is 0 Å². The normalized spacial score (nSPS) is 12.7. The maximum atomic E-state index is 5.96. The Kier molecular flexibility index (Phi) is 4.22. The predicted molar refractivity (Wildman–Crippen MR) is 77.4 cm³/mol. The lowest BCUT2D eigenvalue weighted by Gasteiger charge is -2.17. The molecule has 90 valence electrons. The van der Waals surface area contributed by atoms with Crippen LogP contribution in [0.15, 0.2) is 34.8 Å². The molecule has 0 radical (unpaired) electrons. The third-order valence-corrected chi connectivity index (χ3v) is 4.53. The third kappa shape index (κ3) is 2.89. The largest absolute Gasteiger partial charge is 0.271 e. The molecule has 1 atom stereocenters. The van der Waals surface area contributed by atoms with E-state index >= 15 is 0 Å². The SMILES string of the molecule is Cc1ccc(Br)c(C(NN)c2ccc(Cl)s2)c1. The molecule has 3 N–H and O–H groups in total. The minimum Gasteiger partial charge on any atom is -0.271 e. The highest BCUT2D eigenvalue weighted by Crippen LogP contribution is 2.34. The van der Waals surface area contributed by atoms with E-state index in [1.807, 2.05) is 18.2 Å². The van der Waals surface area contributed by atoms with E-state index in [1.54, 1.807) is 0 Å². The fourth-order valence-electron chi connectivity index (χ4n) is 1.69. The van der Waals surface area contributed by atoms with E-state index in [1.165, 1.54) is 16.9 Å². The summed E-state index contributed by atoms with van der Waals surface area (Å²) in [5.74, 6) is 5.66. The number of nitrogens with one attached hydrogen (secondary N) is 1. The van der Waals surface area contributed by atoms with Crippen molar-refractivity contribution in [3.8, 4) is 0 Å². The number of rotatable bonds is 3. The first-order chi connectivity index (χ1) is 8.11. The van der Waals surface area contributed by atoms with Crippen LogP contribution in [0.4, 0.5) is 0 Å². The first-order valence-electron chi connectivity index (χ1n) is 5.09. The summed E-state index contributed by atoms with van der Waals surface area (Å²) in [7, 11) is 0. The predicted octanol–water partition coefficient (Wildman–Crippen LogP) is 4.03. The van der Waals surface area contributed by atoms with Gasteiger partial charge in [0.15, 0.2) is 0 Å². The van der Waals surface area contributed by atoms with Crippen LogP contribution in [-0.2, 0) is 0 Å². The lowest BCUT2D eigenvalue weighted by molar-refractivity contribution is 0.644. The first-order valence-corrected chi connectivity index (χ1v) is 7.08. The van der Waals surface area contributed by atoms with Crippen LogP contribution in [0.25, 0.3) is 0 Å². The lowest BCUT2D eigenvalue weighted by atomic mass is 10.0. The van der Waals surface area contributed by atoms with Gasteiger partial charge < -0.3 is 0 Å². The van der Waals surface area contributed by atoms with Gasteiger partial charge in [-0.2, -0.15) is 0 Å². The van der Waals surface area contributed by atoms with Crippen molar-refractivity contribution < 1.29 is 0 Å². The Morgan fingerprint density at radius 3 is 2.71 bits per heavy atom. The zero-order valence-electron chi connectivity index (χ0n) is 9.21. The van der Waals surface area contributed by atoms with Crippen LogP contribution in [0.2, 0.25) is 4.34 Å². The Morgan fingerprint density at radius 2 is 2.12 bits per heavy atom. The Balaban J connectivity index is 2.45. The molecule has 5 heteroatoms. The van der Waals surface area contributed by atoms with E-state index in [2.05, 4.69) is 40.4 Å². The van der Waals surface area contributed by atoms with Gasteiger partial charge in [0, 0.05) is 9.35 Å². The summed E-state index contributed by atoms with van der Waals surface area (Å²) < 4.78 is 1.81. The molecule has 0 spiro atoms. The van der Waals surface area contributed by atoms with Gasteiger partial charge in [-0.1, -0.05) is 45.2 Å². The van der Waals surface area contributed by atoms with Crippen LogP contribution in [-0.4, -0.2) is 0 Å². The standard InChI is InChI=1S/C12H12BrClN2S/c1-7-2-3-9(13)8(6-7)12(16-15)10-4-5-11(14)17-10/h2-6,12,16H,15H2,1H3. The molecule has 0 bridgehead atoms. The van der Waals surface area contributed by atoms with Crippen molar-refractivity contribution in [1.82, 2.24) is 5.43 Å². The van der Waals surface area contributed by atoms with Gasteiger partial charge in [-0.05, 0) is 30.7 Å². The summed E-state index contributed by atoms with van der Waals surface area (Å²) in [6.07, 6.45) is 0. The molecule has 0 aliphatic heterocycles. The molecule has 1 unspecified atom stereocenters. The summed E-state index contributed by atoms with van der Waals surface area (Å²) in [5, 5.41) is 0. The zero-order valence-corrected chi connectivity index (χ0v) is 12.4. The lowest BCUT2D eigenvalue weighted by Crippen LogP contribution is -2.28. The Labute approximate surface area is 118 Å². The Bertz CT molecular complexity index is 527. The van der Waals surface area contributed by atoms with Gasteiger partial charge >= 0.3 is 0 Å². The van der Waals surface area contributed by atoms with Crippen molar-refractivity contribution in [2.24, 2.45) is 5.84 Å². The first kappa shape index (κ1) is 13.1. The number of thiophene rings is 1. The third-order valence-electron chi connectivity index (χ3n) is 2.51. The summed E-state index contributed by atoms with van der Waals surface area (Å²) in [5.41, 5.74) is 5.15. The van der Waals surface area contributed by atoms with Gasteiger partial charge in [0.25, 0.3) is 0 Å². The molecule has 2 aromatic rings. The summed E-state index contributed by atoms with van der Waals surface area (Å²) >= 11 is 11.0. The van der Waals surface area contributed by atoms with Crippen molar-refractivity contribution in [3.05, 3.63) is 55.1 Å². The van der Waals surface area contributed by atoms with E-state index < -0.39 is 0 Å². The van der Waals surface area contributed by atoms with Gasteiger partial charge in [0.2, 0.25) is 0 Å². The minimum atomic E-state index is -0.0400. The maximum absolute atomic E-state index is 5.96. The number of aryl methyl sites for hydroxylation is 1. The smallest absolute Gasteiger partial charge is 0.0931 e. The number of halogens is 2. The number of hydrogen-bond acceptors (Lipinski definition) is 3. The van der Waals surface area contributed by atoms with Crippen LogP contribution in [0.3, 0.4) is 0 Å². The Morgan fingerprint density at radius 1 is 1.35 bits per heavy atom. The molecule has 0 saturated heterocycles. The second kappa shape index (κ2) is 5.50. The quantitative estimate of drug-likeness (QED) is 0.658. The van der Waals surface area contributed by atoms with E-state index in [-0.39, 0.29) is 6.04 Å². The van der Waals surface area contributed by atoms with E-state index in [0.717, 1.165) is 19.2 Å². The van der Waals surface area contributed by atoms with Crippen LogP contribution in [0.5, 0.6) is 0 Å². The number of hydrogen-bond donors (Lipinski definition) is 2. The van der Waals surface area contributed by atoms with Gasteiger partial charge in [-0.15, -0.1) is 11.3 Å². The highest BCUT2D eigenvalue weighted by Gasteiger charge is 2.17. The monoisotopic (exact) mass is 330 g/mol. The fraction of sp³-hybridized carbons (Fsp3) is 0.167. The van der Waals surface area contributed by atoms with Crippen LogP contribution >= 0.6 is 38.9 Å². The van der Waals surface area contributed by atoms with Crippen molar-refractivity contribution in [3.63, 3.8) is 0 Å². The molecule has 17 heavy (non-hydrogen) atoms. The molecule has 0 fully saturated rings. The molecule has 2 rings (SSSR count).